The van der Waals surface area contributed by atoms with E-state index in [9.17, 15) is 0 Å². The maximum Gasteiger partial charge on any atom is 0.132 e. The van der Waals surface area contributed by atoms with Crippen molar-refractivity contribution in [2.24, 2.45) is 0 Å². The molecule has 0 bridgehead atoms. The first-order chi connectivity index (χ1) is 12.3. The second kappa shape index (κ2) is 8.35. The molecule has 0 saturated carbocycles. The molecule has 1 aliphatic heterocycles. The van der Waals surface area contributed by atoms with Gasteiger partial charge in [-0.05, 0) is 23.3 Å². The lowest BCUT2D eigenvalue weighted by atomic mass is 10.1. The molecule has 0 radical (unpaired) electrons. The average Bonchev–Trinajstić information content (AvgIpc) is 2.67. The number of aromatic nitrogens is 3. The van der Waals surface area contributed by atoms with Gasteiger partial charge >= 0.3 is 0 Å². The van der Waals surface area contributed by atoms with E-state index in [0.717, 1.165) is 49.8 Å². The van der Waals surface area contributed by atoms with Gasteiger partial charge in [-0.2, -0.15) is 0 Å². The van der Waals surface area contributed by atoms with Crippen molar-refractivity contribution >= 4 is 11.4 Å². The van der Waals surface area contributed by atoms with E-state index in [1.54, 1.807) is 18.5 Å². The highest BCUT2D eigenvalue weighted by Gasteiger charge is 2.18. The third kappa shape index (κ3) is 4.39. The normalized spacial score (nSPS) is 15.8. The number of piperazine rings is 1. The number of allylic oxidation sites excluding steroid dienone is 4. The Morgan fingerprint density at radius 1 is 1.08 bits per heavy atom. The molecule has 3 rings (SSSR count). The molecule has 0 N–H and O–H groups in total. The van der Waals surface area contributed by atoms with Gasteiger partial charge in [-0.15, -0.1) is 0 Å². The topological polar surface area (TPSA) is 45.2 Å². The molecule has 0 aromatic carbocycles. The van der Waals surface area contributed by atoms with Crippen LogP contribution in [0.2, 0.25) is 0 Å². The lowest BCUT2D eigenvalue weighted by Crippen LogP contribution is -2.46. The van der Waals surface area contributed by atoms with E-state index in [1.165, 1.54) is 5.56 Å². The third-order valence-corrected chi connectivity index (χ3v) is 4.32. The Hall–Kier alpha value is -2.79. The minimum absolute atomic E-state index is 0.874. The van der Waals surface area contributed by atoms with E-state index in [2.05, 4.69) is 50.0 Å². The Labute approximate surface area is 149 Å². The molecule has 1 fully saturated rings. The Kier molecular flexibility index (Phi) is 5.69. The number of rotatable bonds is 6. The van der Waals surface area contributed by atoms with Crippen LogP contribution < -0.4 is 4.90 Å². The SMILES string of the molecule is C=C/C=C(\C=C)c1cc(N2CCN(Cc3ccncc3)CC2)ncn1. The lowest BCUT2D eigenvalue weighted by Gasteiger charge is -2.35. The van der Waals surface area contributed by atoms with E-state index in [1.807, 2.05) is 24.5 Å². The predicted molar refractivity (Wildman–Crippen MR) is 102 cm³/mol. The van der Waals surface area contributed by atoms with Gasteiger partial charge in [0.2, 0.25) is 0 Å². The first-order valence-corrected chi connectivity index (χ1v) is 8.44. The standard InChI is InChI=1S/C20H23N5/c1-3-5-18(4-2)19-14-20(23-16-22-19)25-12-10-24(11-13-25)15-17-6-8-21-9-7-17/h3-9,14,16H,1-2,10-13,15H2/b18-5+. The first-order valence-electron chi connectivity index (χ1n) is 8.44. The maximum absolute atomic E-state index is 4.45. The van der Waals surface area contributed by atoms with Crippen molar-refractivity contribution in [3.8, 4) is 0 Å². The Bertz CT molecular complexity index is 746. The van der Waals surface area contributed by atoms with Crippen molar-refractivity contribution in [2.45, 2.75) is 6.54 Å². The highest BCUT2D eigenvalue weighted by atomic mass is 15.3. The summed E-state index contributed by atoms with van der Waals surface area (Å²) in [5.41, 5.74) is 3.13. The van der Waals surface area contributed by atoms with Crippen LogP contribution in [0.25, 0.3) is 5.57 Å². The molecule has 0 spiro atoms. The van der Waals surface area contributed by atoms with Gasteiger partial charge in [-0.3, -0.25) is 9.88 Å². The number of pyridine rings is 1. The van der Waals surface area contributed by atoms with E-state index >= 15 is 0 Å². The van der Waals surface area contributed by atoms with Gasteiger partial charge in [0.25, 0.3) is 0 Å². The van der Waals surface area contributed by atoms with Crippen LogP contribution in [0.1, 0.15) is 11.3 Å². The molecule has 25 heavy (non-hydrogen) atoms. The van der Waals surface area contributed by atoms with Crippen molar-refractivity contribution in [2.75, 3.05) is 31.1 Å². The summed E-state index contributed by atoms with van der Waals surface area (Å²) in [7, 11) is 0. The van der Waals surface area contributed by atoms with Crippen LogP contribution in [0.4, 0.5) is 5.82 Å². The van der Waals surface area contributed by atoms with Crippen LogP contribution >= 0.6 is 0 Å². The summed E-state index contributed by atoms with van der Waals surface area (Å²) in [4.78, 5) is 17.6. The van der Waals surface area contributed by atoms with Gasteiger partial charge < -0.3 is 4.90 Å². The molecule has 2 aromatic heterocycles. The molecule has 5 nitrogen and oxygen atoms in total. The number of hydrogen-bond donors (Lipinski definition) is 0. The van der Waals surface area contributed by atoms with Gasteiger partial charge in [0.1, 0.15) is 12.1 Å². The Morgan fingerprint density at radius 3 is 2.52 bits per heavy atom. The molecule has 2 aromatic rings. The Morgan fingerprint density at radius 2 is 1.84 bits per heavy atom. The molecule has 1 aliphatic rings. The van der Waals surface area contributed by atoms with Crippen molar-refractivity contribution in [3.05, 3.63) is 79.6 Å². The summed E-state index contributed by atoms with van der Waals surface area (Å²) < 4.78 is 0. The second-order valence-corrected chi connectivity index (χ2v) is 5.94. The predicted octanol–water partition coefficient (Wildman–Crippen LogP) is 2.95. The van der Waals surface area contributed by atoms with Crippen molar-refractivity contribution in [1.82, 2.24) is 19.9 Å². The van der Waals surface area contributed by atoms with Crippen LogP contribution in [0.5, 0.6) is 0 Å². The fourth-order valence-corrected chi connectivity index (χ4v) is 2.94. The van der Waals surface area contributed by atoms with Crippen LogP contribution in [0.15, 0.2) is 68.3 Å². The Balaban J connectivity index is 1.64. The molecule has 0 aliphatic carbocycles. The summed E-state index contributed by atoms with van der Waals surface area (Å²) in [5.74, 6) is 0.963. The molecule has 0 atom stereocenters. The summed E-state index contributed by atoms with van der Waals surface area (Å²) in [5, 5.41) is 0. The van der Waals surface area contributed by atoms with Gasteiger partial charge in [0, 0.05) is 51.2 Å². The lowest BCUT2D eigenvalue weighted by molar-refractivity contribution is 0.249. The molecule has 5 heteroatoms. The zero-order valence-corrected chi connectivity index (χ0v) is 14.4. The van der Waals surface area contributed by atoms with Crippen molar-refractivity contribution < 1.29 is 0 Å². The van der Waals surface area contributed by atoms with E-state index < -0.39 is 0 Å². The fourth-order valence-electron chi connectivity index (χ4n) is 2.94. The summed E-state index contributed by atoms with van der Waals surface area (Å²) >= 11 is 0. The van der Waals surface area contributed by atoms with Crippen LogP contribution in [-0.4, -0.2) is 46.0 Å². The van der Waals surface area contributed by atoms with Crippen molar-refractivity contribution in [3.63, 3.8) is 0 Å². The molecule has 1 saturated heterocycles. The molecular formula is C20H23N5. The van der Waals surface area contributed by atoms with E-state index in [4.69, 9.17) is 0 Å². The quantitative estimate of drug-likeness (QED) is 0.761. The van der Waals surface area contributed by atoms with Gasteiger partial charge in [0.15, 0.2) is 0 Å². The van der Waals surface area contributed by atoms with Gasteiger partial charge in [-0.1, -0.05) is 31.4 Å². The highest BCUT2D eigenvalue weighted by Crippen LogP contribution is 2.19. The zero-order chi connectivity index (χ0) is 17.5. The minimum atomic E-state index is 0.874. The number of anilines is 1. The zero-order valence-electron chi connectivity index (χ0n) is 14.4. The van der Waals surface area contributed by atoms with Crippen molar-refractivity contribution in [1.29, 1.82) is 0 Å². The summed E-state index contributed by atoms with van der Waals surface area (Å²) in [6.07, 6.45) is 10.8. The maximum atomic E-state index is 4.45. The smallest absolute Gasteiger partial charge is 0.132 e. The number of hydrogen-bond acceptors (Lipinski definition) is 5. The molecule has 128 valence electrons. The highest BCUT2D eigenvalue weighted by molar-refractivity contribution is 5.73. The van der Waals surface area contributed by atoms with E-state index in [-0.39, 0.29) is 0 Å². The van der Waals surface area contributed by atoms with Gasteiger partial charge in [-0.25, -0.2) is 9.97 Å². The second-order valence-electron chi connectivity index (χ2n) is 5.94. The van der Waals surface area contributed by atoms with E-state index in [0.29, 0.717) is 0 Å². The summed E-state index contributed by atoms with van der Waals surface area (Å²) in [6.45, 7) is 12.5. The molecule has 3 heterocycles. The average molecular weight is 333 g/mol. The van der Waals surface area contributed by atoms with Crippen LogP contribution in [0.3, 0.4) is 0 Å². The van der Waals surface area contributed by atoms with Crippen LogP contribution in [-0.2, 0) is 6.54 Å². The first kappa shape index (κ1) is 17.0. The third-order valence-electron chi connectivity index (χ3n) is 4.32. The monoisotopic (exact) mass is 333 g/mol. The van der Waals surface area contributed by atoms with Gasteiger partial charge in [0.05, 0.1) is 5.69 Å². The minimum Gasteiger partial charge on any atom is -0.354 e. The molecule has 0 amide bonds. The fraction of sp³-hybridized carbons (Fsp3) is 0.250. The van der Waals surface area contributed by atoms with Crippen LogP contribution in [0, 0.1) is 0 Å². The largest absolute Gasteiger partial charge is 0.354 e. The molecule has 0 unspecified atom stereocenters. The summed E-state index contributed by atoms with van der Waals surface area (Å²) in [6, 6.07) is 6.17. The number of nitrogens with zero attached hydrogens (tertiary/aromatic N) is 5. The molecular weight excluding hydrogens is 310 g/mol.